The summed E-state index contributed by atoms with van der Waals surface area (Å²) in [6.07, 6.45) is 7.54. The van der Waals surface area contributed by atoms with Gasteiger partial charge in [-0.25, -0.2) is 0 Å². The molecule has 0 radical (unpaired) electrons. The van der Waals surface area contributed by atoms with Crippen LogP contribution in [0.15, 0.2) is 6.20 Å². The van der Waals surface area contributed by atoms with E-state index in [1.807, 2.05) is 0 Å². The van der Waals surface area contributed by atoms with Gasteiger partial charge in [-0.15, -0.1) is 0 Å². The Morgan fingerprint density at radius 3 is 2.71 bits per heavy atom. The molecular formula is C14H25N3. The SMILES string of the molecule is CCNCc1cn(C2CCC(C)CC2)nc1C. The highest BCUT2D eigenvalue weighted by Gasteiger charge is 2.20. The molecule has 1 N–H and O–H groups in total. The fourth-order valence-corrected chi connectivity index (χ4v) is 2.65. The number of hydrogen-bond acceptors (Lipinski definition) is 2. The fourth-order valence-electron chi connectivity index (χ4n) is 2.65. The van der Waals surface area contributed by atoms with Gasteiger partial charge in [-0.2, -0.15) is 5.10 Å². The molecule has 1 saturated carbocycles. The molecule has 96 valence electrons. The van der Waals surface area contributed by atoms with Crippen LogP contribution in [0.1, 0.15) is 56.8 Å². The van der Waals surface area contributed by atoms with E-state index in [1.165, 1.54) is 36.9 Å². The molecule has 0 spiro atoms. The van der Waals surface area contributed by atoms with Crippen molar-refractivity contribution in [2.24, 2.45) is 5.92 Å². The molecule has 2 rings (SSSR count). The van der Waals surface area contributed by atoms with Crippen LogP contribution in [0.5, 0.6) is 0 Å². The molecule has 0 aromatic carbocycles. The van der Waals surface area contributed by atoms with Crippen LogP contribution in [0.4, 0.5) is 0 Å². The average Bonchev–Trinajstić information content (AvgIpc) is 2.69. The Bertz CT molecular complexity index is 348. The summed E-state index contributed by atoms with van der Waals surface area (Å²) >= 11 is 0. The molecule has 1 aliphatic carbocycles. The lowest BCUT2D eigenvalue weighted by atomic mass is 9.87. The second-order valence-corrected chi connectivity index (χ2v) is 5.41. The first-order valence-corrected chi connectivity index (χ1v) is 6.96. The van der Waals surface area contributed by atoms with Gasteiger partial charge in [0.1, 0.15) is 0 Å². The number of nitrogens with one attached hydrogen (secondary N) is 1. The van der Waals surface area contributed by atoms with E-state index in [-0.39, 0.29) is 0 Å². The van der Waals surface area contributed by atoms with E-state index in [1.54, 1.807) is 0 Å². The Labute approximate surface area is 105 Å². The van der Waals surface area contributed by atoms with E-state index in [4.69, 9.17) is 0 Å². The second kappa shape index (κ2) is 5.67. The van der Waals surface area contributed by atoms with Gasteiger partial charge in [-0.1, -0.05) is 13.8 Å². The number of aryl methyl sites for hydroxylation is 1. The van der Waals surface area contributed by atoms with Crippen molar-refractivity contribution in [3.63, 3.8) is 0 Å². The van der Waals surface area contributed by atoms with Gasteiger partial charge in [-0.3, -0.25) is 4.68 Å². The Balaban J connectivity index is 2.01. The van der Waals surface area contributed by atoms with E-state index >= 15 is 0 Å². The van der Waals surface area contributed by atoms with Crippen molar-refractivity contribution in [2.45, 2.75) is 59.0 Å². The maximum Gasteiger partial charge on any atom is 0.0638 e. The minimum absolute atomic E-state index is 0.639. The molecule has 0 bridgehead atoms. The lowest BCUT2D eigenvalue weighted by Gasteiger charge is -2.26. The molecule has 0 unspecified atom stereocenters. The zero-order chi connectivity index (χ0) is 12.3. The third-order valence-corrected chi connectivity index (χ3v) is 3.94. The van der Waals surface area contributed by atoms with Crippen molar-refractivity contribution >= 4 is 0 Å². The highest BCUT2D eigenvalue weighted by atomic mass is 15.3. The van der Waals surface area contributed by atoms with Gasteiger partial charge < -0.3 is 5.32 Å². The summed E-state index contributed by atoms with van der Waals surface area (Å²) in [6, 6.07) is 0.639. The monoisotopic (exact) mass is 235 g/mol. The molecule has 1 aromatic rings. The molecule has 1 heterocycles. The lowest BCUT2D eigenvalue weighted by molar-refractivity contribution is 0.273. The Morgan fingerprint density at radius 2 is 2.06 bits per heavy atom. The van der Waals surface area contributed by atoms with Crippen LogP contribution in [0.3, 0.4) is 0 Å². The highest BCUT2D eigenvalue weighted by molar-refractivity contribution is 5.15. The molecule has 0 amide bonds. The van der Waals surface area contributed by atoms with E-state index in [2.05, 4.69) is 42.1 Å². The van der Waals surface area contributed by atoms with E-state index in [9.17, 15) is 0 Å². The first-order valence-electron chi connectivity index (χ1n) is 6.96. The van der Waals surface area contributed by atoms with Crippen molar-refractivity contribution < 1.29 is 0 Å². The predicted octanol–water partition coefficient (Wildman–Crippen LogP) is 3.05. The normalized spacial score (nSPS) is 25.1. The standard InChI is InChI=1S/C14H25N3/c1-4-15-9-13-10-17(16-12(13)3)14-7-5-11(2)6-8-14/h10-11,14-15H,4-9H2,1-3H3. The molecule has 0 aliphatic heterocycles. The van der Waals surface area contributed by atoms with Crippen molar-refractivity contribution in [2.75, 3.05) is 6.54 Å². The summed E-state index contributed by atoms with van der Waals surface area (Å²) in [6.45, 7) is 8.59. The first kappa shape index (κ1) is 12.6. The second-order valence-electron chi connectivity index (χ2n) is 5.41. The third kappa shape index (κ3) is 3.09. The van der Waals surface area contributed by atoms with Gasteiger partial charge in [0.15, 0.2) is 0 Å². The van der Waals surface area contributed by atoms with Gasteiger partial charge in [0.05, 0.1) is 11.7 Å². The summed E-state index contributed by atoms with van der Waals surface area (Å²) in [7, 11) is 0. The van der Waals surface area contributed by atoms with Crippen LogP contribution in [0.25, 0.3) is 0 Å². The maximum atomic E-state index is 4.69. The summed E-state index contributed by atoms with van der Waals surface area (Å²) < 4.78 is 2.22. The quantitative estimate of drug-likeness (QED) is 0.869. The molecule has 3 heteroatoms. The number of nitrogens with zero attached hydrogens (tertiary/aromatic N) is 2. The van der Waals surface area contributed by atoms with Gasteiger partial charge in [0.25, 0.3) is 0 Å². The number of rotatable bonds is 4. The van der Waals surface area contributed by atoms with Crippen LogP contribution < -0.4 is 5.32 Å². The molecule has 1 aliphatic rings. The van der Waals surface area contributed by atoms with Crippen LogP contribution in [0.2, 0.25) is 0 Å². The van der Waals surface area contributed by atoms with E-state index in [0.29, 0.717) is 6.04 Å². The van der Waals surface area contributed by atoms with Crippen molar-refractivity contribution in [1.82, 2.24) is 15.1 Å². The van der Waals surface area contributed by atoms with E-state index < -0.39 is 0 Å². The van der Waals surface area contributed by atoms with Crippen molar-refractivity contribution in [3.8, 4) is 0 Å². The fraction of sp³-hybridized carbons (Fsp3) is 0.786. The molecule has 0 atom stereocenters. The third-order valence-electron chi connectivity index (χ3n) is 3.94. The summed E-state index contributed by atoms with van der Waals surface area (Å²) in [5.74, 6) is 0.907. The van der Waals surface area contributed by atoms with Gasteiger partial charge in [-0.05, 0) is 45.1 Å². The molecule has 17 heavy (non-hydrogen) atoms. The lowest BCUT2D eigenvalue weighted by Crippen LogP contribution is -2.17. The number of hydrogen-bond donors (Lipinski definition) is 1. The molecule has 1 fully saturated rings. The highest BCUT2D eigenvalue weighted by Crippen LogP contribution is 2.31. The van der Waals surface area contributed by atoms with Crippen LogP contribution in [-0.4, -0.2) is 16.3 Å². The molecule has 1 aromatic heterocycles. The van der Waals surface area contributed by atoms with Crippen LogP contribution in [-0.2, 0) is 6.54 Å². The molecule has 0 saturated heterocycles. The molecular weight excluding hydrogens is 210 g/mol. The minimum atomic E-state index is 0.639. The van der Waals surface area contributed by atoms with Crippen LogP contribution >= 0.6 is 0 Å². The smallest absolute Gasteiger partial charge is 0.0638 e. The zero-order valence-corrected chi connectivity index (χ0v) is 11.4. The minimum Gasteiger partial charge on any atom is -0.313 e. The van der Waals surface area contributed by atoms with Gasteiger partial charge in [0, 0.05) is 18.3 Å². The van der Waals surface area contributed by atoms with E-state index in [0.717, 1.165) is 19.0 Å². The average molecular weight is 235 g/mol. The summed E-state index contributed by atoms with van der Waals surface area (Å²) in [5, 5.41) is 8.06. The van der Waals surface area contributed by atoms with Crippen molar-refractivity contribution in [3.05, 3.63) is 17.5 Å². The first-order chi connectivity index (χ1) is 8.20. The van der Waals surface area contributed by atoms with Gasteiger partial charge in [0.2, 0.25) is 0 Å². The zero-order valence-electron chi connectivity index (χ0n) is 11.4. The Kier molecular flexibility index (Phi) is 4.21. The molecule has 3 nitrogen and oxygen atoms in total. The largest absolute Gasteiger partial charge is 0.313 e. The van der Waals surface area contributed by atoms with Crippen molar-refractivity contribution in [1.29, 1.82) is 0 Å². The summed E-state index contributed by atoms with van der Waals surface area (Å²) in [5.41, 5.74) is 2.54. The topological polar surface area (TPSA) is 29.9 Å². The Hall–Kier alpha value is -0.830. The maximum absolute atomic E-state index is 4.69. The van der Waals surface area contributed by atoms with Crippen LogP contribution in [0, 0.1) is 12.8 Å². The summed E-state index contributed by atoms with van der Waals surface area (Å²) in [4.78, 5) is 0. The van der Waals surface area contributed by atoms with Gasteiger partial charge >= 0.3 is 0 Å². The predicted molar refractivity (Wildman–Crippen MR) is 71.0 cm³/mol. The number of aromatic nitrogens is 2. The Morgan fingerprint density at radius 1 is 1.35 bits per heavy atom.